The van der Waals surface area contributed by atoms with Crippen molar-refractivity contribution in [3.63, 3.8) is 0 Å². The van der Waals surface area contributed by atoms with Crippen LogP contribution in [-0.4, -0.2) is 35.5 Å². The van der Waals surface area contributed by atoms with Crippen molar-refractivity contribution in [3.8, 4) is 0 Å². The molecule has 2 unspecified atom stereocenters. The van der Waals surface area contributed by atoms with Crippen molar-refractivity contribution < 1.29 is 4.21 Å². The van der Waals surface area contributed by atoms with Crippen molar-refractivity contribution in [1.82, 2.24) is 4.90 Å². The van der Waals surface area contributed by atoms with E-state index in [1.54, 1.807) is 6.26 Å². The molecule has 2 fully saturated rings. The predicted octanol–water partition coefficient (Wildman–Crippen LogP) is 3.88. The van der Waals surface area contributed by atoms with E-state index in [4.69, 9.17) is 0 Å². The highest BCUT2D eigenvalue weighted by Crippen LogP contribution is 2.55. The third-order valence-corrected chi connectivity index (χ3v) is 7.09. The summed E-state index contributed by atoms with van der Waals surface area (Å²) in [7, 11) is 3.55. The van der Waals surface area contributed by atoms with Crippen LogP contribution in [0.1, 0.15) is 49.7 Å². The molecule has 1 aromatic rings. The summed E-state index contributed by atoms with van der Waals surface area (Å²) < 4.78 is 12.0. The number of aryl methyl sites for hydroxylation is 1. The van der Waals surface area contributed by atoms with Gasteiger partial charge in [-0.15, -0.1) is 0 Å². The summed E-state index contributed by atoms with van der Waals surface area (Å²) in [4.78, 5) is 3.41. The Morgan fingerprint density at radius 3 is 2.73 bits per heavy atom. The van der Waals surface area contributed by atoms with Crippen LogP contribution in [0.4, 0.5) is 0 Å². The summed E-state index contributed by atoms with van der Waals surface area (Å²) in [5, 5.41) is 0. The Labute approximate surface area is 137 Å². The molecule has 0 radical (unpaired) electrons. The smallest absolute Gasteiger partial charge is 0.0498 e. The minimum Gasteiger partial charge on any atom is -0.306 e. The van der Waals surface area contributed by atoms with Gasteiger partial charge >= 0.3 is 0 Å². The van der Waals surface area contributed by atoms with Crippen LogP contribution in [0.3, 0.4) is 0 Å². The summed E-state index contributed by atoms with van der Waals surface area (Å²) in [6.45, 7) is 2.24. The van der Waals surface area contributed by atoms with Gasteiger partial charge in [0.25, 0.3) is 0 Å². The molecule has 1 aromatic carbocycles. The van der Waals surface area contributed by atoms with Crippen molar-refractivity contribution in [2.45, 2.75) is 61.8 Å². The largest absolute Gasteiger partial charge is 0.306 e. The number of benzene rings is 1. The van der Waals surface area contributed by atoms with Gasteiger partial charge in [-0.1, -0.05) is 18.9 Å². The molecular weight excluding hydrogens is 290 g/mol. The quantitative estimate of drug-likeness (QED) is 0.842. The standard InChI is InChI=1S/C19H29NOS/c1-14-8-9-17(22(4)21)12-18(14)19-10-6-5-7-15(19)11-16(13-19)20(2)3/h8-9,12,15-16H,5-7,10-11,13H2,1-4H3/t15-,16?,19+,22?/m1/s1. The van der Waals surface area contributed by atoms with E-state index in [9.17, 15) is 4.21 Å². The topological polar surface area (TPSA) is 20.3 Å². The number of hydrogen-bond acceptors (Lipinski definition) is 2. The van der Waals surface area contributed by atoms with Crippen molar-refractivity contribution >= 4 is 10.8 Å². The van der Waals surface area contributed by atoms with E-state index < -0.39 is 10.8 Å². The first-order chi connectivity index (χ1) is 10.4. The molecular formula is C19H29NOS. The molecule has 0 amide bonds. The SMILES string of the molecule is Cc1ccc(S(C)=O)cc1[C@]12CCCC[C@@H]1CC(N(C)C)C2. The summed E-state index contributed by atoms with van der Waals surface area (Å²) in [5.41, 5.74) is 3.21. The minimum atomic E-state index is -0.891. The van der Waals surface area contributed by atoms with Gasteiger partial charge in [0, 0.05) is 28.0 Å². The lowest BCUT2D eigenvalue weighted by molar-refractivity contribution is 0.218. The van der Waals surface area contributed by atoms with Gasteiger partial charge < -0.3 is 4.90 Å². The van der Waals surface area contributed by atoms with Crippen LogP contribution in [0.15, 0.2) is 23.1 Å². The molecule has 0 aliphatic heterocycles. The van der Waals surface area contributed by atoms with E-state index >= 15 is 0 Å². The van der Waals surface area contributed by atoms with E-state index in [-0.39, 0.29) is 0 Å². The van der Waals surface area contributed by atoms with Crippen LogP contribution in [0.25, 0.3) is 0 Å². The minimum absolute atomic E-state index is 0.326. The first-order valence-electron chi connectivity index (χ1n) is 8.55. The van der Waals surface area contributed by atoms with Crippen molar-refractivity contribution in [1.29, 1.82) is 0 Å². The van der Waals surface area contributed by atoms with E-state index in [0.717, 1.165) is 10.8 Å². The first kappa shape index (κ1) is 16.2. The lowest BCUT2D eigenvalue weighted by Gasteiger charge is -2.41. The Balaban J connectivity index is 2.06. The zero-order valence-corrected chi connectivity index (χ0v) is 15.2. The molecule has 2 saturated carbocycles. The maximum absolute atomic E-state index is 12.0. The van der Waals surface area contributed by atoms with Gasteiger partial charge in [-0.05, 0) is 81.3 Å². The van der Waals surface area contributed by atoms with Crippen LogP contribution in [0, 0.1) is 12.8 Å². The highest BCUT2D eigenvalue weighted by molar-refractivity contribution is 7.84. The van der Waals surface area contributed by atoms with E-state index in [1.165, 1.54) is 49.7 Å². The van der Waals surface area contributed by atoms with Gasteiger partial charge in [-0.25, -0.2) is 0 Å². The third-order valence-electron chi connectivity index (χ3n) is 6.17. The van der Waals surface area contributed by atoms with Crippen molar-refractivity contribution in [2.24, 2.45) is 5.92 Å². The number of fused-ring (bicyclic) bond motifs is 1. The Kier molecular flexibility index (Phi) is 4.48. The summed E-state index contributed by atoms with van der Waals surface area (Å²) >= 11 is 0. The van der Waals surface area contributed by atoms with Gasteiger partial charge in [0.15, 0.2) is 0 Å². The van der Waals surface area contributed by atoms with Crippen LogP contribution in [0.5, 0.6) is 0 Å². The molecule has 0 bridgehead atoms. The summed E-state index contributed by atoms with van der Waals surface area (Å²) in [6, 6.07) is 7.19. The van der Waals surface area contributed by atoms with Crippen LogP contribution >= 0.6 is 0 Å². The fourth-order valence-electron chi connectivity index (χ4n) is 4.93. The number of hydrogen-bond donors (Lipinski definition) is 0. The molecule has 2 aliphatic carbocycles. The van der Waals surface area contributed by atoms with Crippen molar-refractivity contribution in [3.05, 3.63) is 29.3 Å². The molecule has 3 heteroatoms. The molecule has 3 rings (SSSR count). The van der Waals surface area contributed by atoms with E-state index in [0.29, 0.717) is 11.5 Å². The average molecular weight is 320 g/mol. The Bertz CT molecular complexity index is 583. The first-order valence-corrected chi connectivity index (χ1v) is 10.1. The Morgan fingerprint density at radius 2 is 2.05 bits per heavy atom. The average Bonchev–Trinajstić information content (AvgIpc) is 2.88. The van der Waals surface area contributed by atoms with E-state index in [2.05, 4.69) is 38.1 Å². The molecule has 0 N–H and O–H groups in total. The third kappa shape index (κ3) is 2.67. The normalized spacial score (nSPS) is 33.0. The van der Waals surface area contributed by atoms with Crippen molar-refractivity contribution in [2.75, 3.05) is 20.4 Å². The molecule has 22 heavy (non-hydrogen) atoms. The fourth-order valence-corrected chi connectivity index (χ4v) is 5.47. The monoisotopic (exact) mass is 319 g/mol. The second kappa shape index (κ2) is 6.09. The van der Waals surface area contributed by atoms with Gasteiger partial charge in [-0.3, -0.25) is 4.21 Å². The van der Waals surface area contributed by atoms with E-state index in [1.807, 2.05) is 6.07 Å². The molecule has 2 aliphatic rings. The Hall–Kier alpha value is -0.670. The molecule has 0 heterocycles. The highest BCUT2D eigenvalue weighted by atomic mass is 32.2. The van der Waals surface area contributed by atoms with Crippen LogP contribution in [-0.2, 0) is 16.2 Å². The van der Waals surface area contributed by atoms with Gasteiger partial charge in [-0.2, -0.15) is 0 Å². The maximum Gasteiger partial charge on any atom is 0.0498 e. The fraction of sp³-hybridized carbons (Fsp3) is 0.684. The second-order valence-corrected chi connectivity index (χ2v) is 8.97. The Morgan fingerprint density at radius 1 is 1.27 bits per heavy atom. The predicted molar refractivity (Wildman–Crippen MR) is 93.9 cm³/mol. The molecule has 0 aromatic heterocycles. The molecule has 0 saturated heterocycles. The molecule has 2 nitrogen and oxygen atoms in total. The zero-order valence-electron chi connectivity index (χ0n) is 14.4. The molecule has 4 atom stereocenters. The summed E-state index contributed by atoms with van der Waals surface area (Å²) in [6.07, 6.45) is 9.78. The van der Waals surface area contributed by atoms with Gasteiger partial charge in [0.2, 0.25) is 0 Å². The number of nitrogens with zero attached hydrogens (tertiary/aromatic N) is 1. The lowest BCUT2D eigenvalue weighted by Crippen LogP contribution is -2.35. The van der Waals surface area contributed by atoms with Crippen LogP contribution in [0.2, 0.25) is 0 Å². The lowest BCUT2D eigenvalue weighted by atomic mass is 9.63. The second-order valence-electron chi connectivity index (χ2n) is 7.59. The summed E-state index contributed by atoms with van der Waals surface area (Å²) in [5.74, 6) is 0.799. The van der Waals surface area contributed by atoms with Crippen LogP contribution < -0.4 is 0 Å². The molecule has 122 valence electrons. The highest BCUT2D eigenvalue weighted by Gasteiger charge is 2.50. The van der Waals surface area contributed by atoms with Gasteiger partial charge in [0.1, 0.15) is 0 Å². The molecule has 0 spiro atoms. The zero-order chi connectivity index (χ0) is 15.9. The maximum atomic E-state index is 12.0. The number of rotatable bonds is 3. The van der Waals surface area contributed by atoms with Gasteiger partial charge in [0.05, 0.1) is 0 Å².